The highest BCUT2D eigenvalue weighted by Gasteiger charge is 2.08. The molecule has 0 aromatic heterocycles. The van der Waals surface area contributed by atoms with Crippen molar-refractivity contribution in [2.45, 2.75) is 20.8 Å². The van der Waals surface area contributed by atoms with Crippen molar-refractivity contribution in [1.82, 2.24) is 0 Å². The van der Waals surface area contributed by atoms with Crippen molar-refractivity contribution in [2.24, 2.45) is 0 Å². The number of aryl methyl sites for hydroxylation is 3. The van der Waals surface area contributed by atoms with Crippen LogP contribution in [0.2, 0.25) is 0 Å². The lowest BCUT2D eigenvalue weighted by atomic mass is 9.93. The van der Waals surface area contributed by atoms with Crippen molar-refractivity contribution >= 4 is 0 Å². The van der Waals surface area contributed by atoms with Crippen LogP contribution in [0.1, 0.15) is 16.7 Å². The Morgan fingerprint density at radius 1 is 0.565 bits per heavy atom. The molecule has 3 aromatic carbocycles. The van der Waals surface area contributed by atoms with Gasteiger partial charge in [0.05, 0.1) is 0 Å². The van der Waals surface area contributed by atoms with Crippen LogP contribution in [0.3, 0.4) is 0 Å². The van der Waals surface area contributed by atoms with E-state index in [1.165, 1.54) is 5.56 Å². The Morgan fingerprint density at radius 2 is 1.09 bits per heavy atom. The quantitative estimate of drug-likeness (QED) is 0.669. The Kier molecular flexibility index (Phi) is 3.83. The van der Waals surface area contributed by atoms with Gasteiger partial charge in [-0.05, 0) is 84.0 Å². The molecule has 0 radical (unpaired) electrons. The Balaban J connectivity index is 2.05. The zero-order valence-electron chi connectivity index (χ0n) is 13.6. The highest BCUT2D eigenvalue weighted by Crippen LogP contribution is 2.32. The fourth-order valence-corrected chi connectivity index (χ4v) is 2.95. The van der Waals surface area contributed by atoms with E-state index >= 15 is 0 Å². The summed E-state index contributed by atoms with van der Waals surface area (Å²) in [6.45, 7) is 6.00. The van der Waals surface area contributed by atoms with Gasteiger partial charge in [0, 0.05) is 0 Å². The summed E-state index contributed by atoms with van der Waals surface area (Å²) in [7, 11) is 0. The van der Waals surface area contributed by atoms with Crippen LogP contribution in [0.5, 0.6) is 11.5 Å². The fraction of sp³-hybridized carbons (Fsp3) is 0.143. The van der Waals surface area contributed by atoms with Crippen LogP contribution in [0.25, 0.3) is 22.3 Å². The second kappa shape index (κ2) is 5.81. The van der Waals surface area contributed by atoms with Crippen molar-refractivity contribution in [3.8, 4) is 33.8 Å². The van der Waals surface area contributed by atoms with Gasteiger partial charge < -0.3 is 10.2 Å². The number of benzene rings is 3. The third-order valence-corrected chi connectivity index (χ3v) is 4.26. The van der Waals surface area contributed by atoms with Gasteiger partial charge >= 0.3 is 0 Å². The van der Waals surface area contributed by atoms with Gasteiger partial charge in [-0.25, -0.2) is 0 Å². The normalized spacial score (nSPS) is 10.7. The molecule has 0 aliphatic rings. The summed E-state index contributed by atoms with van der Waals surface area (Å²) in [6.07, 6.45) is 0. The first-order valence-electron chi connectivity index (χ1n) is 7.66. The molecule has 0 amide bonds. The zero-order chi connectivity index (χ0) is 16.6. The molecule has 0 bridgehead atoms. The van der Waals surface area contributed by atoms with E-state index in [1.807, 2.05) is 32.0 Å². The summed E-state index contributed by atoms with van der Waals surface area (Å²) in [5.74, 6) is 0.613. The SMILES string of the molecule is Cc1cc(-c2ccc(-c3ccc(O)cc3C)cc2C)ccc1O. The van der Waals surface area contributed by atoms with Crippen LogP contribution in [0.15, 0.2) is 54.6 Å². The van der Waals surface area contributed by atoms with E-state index in [9.17, 15) is 10.2 Å². The largest absolute Gasteiger partial charge is 0.508 e. The molecule has 2 heteroatoms. The molecule has 23 heavy (non-hydrogen) atoms. The molecule has 2 N–H and O–H groups in total. The number of phenolic OH excluding ortho intramolecular Hbond substituents is 2. The summed E-state index contributed by atoms with van der Waals surface area (Å²) in [6, 6.07) is 17.5. The average molecular weight is 304 g/mol. The Hall–Kier alpha value is -2.74. The van der Waals surface area contributed by atoms with Gasteiger partial charge in [-0.2, -0.15) is 0 Å². The van der Waals surface area contributed by atoms with Crippen LogP contribution in [-0.2, 0) is 0 Å². The molecule has 0 aliphatic heterocycles. The number of rotatable bonds is 2. The summed E-state index contributed by atoms with van der Waals surface area (Å²) < 4.78 is 0. The number of phenols is 2. The lowest BCUT2D eigenvalue weighted by molar-refractivity contribution is 0.471. The van der Waals surface area contributed by atoms with E-state index in [0.717, 1.165) is 33.4 Å². The van der Waals surface area contributed by atoms with Gasteiger partial charge in [0.2, 0.25) is 0 Å². The highest BCUT2D eigenvalue weighted by atomic mass is 16.3. The van der Waals surface area contributed by atoms with Crippen LogP contribution in [0, 0.1) is 20.8 Å². The lowest BCUT2D eigenvalue weighted by Gasteiger charge is -2.12. The minimum Gasteiger partial charge on any atom is -0.508 e. The molecule has 3 rings (SSSR count). The van der Waals surface area contributed by atoms with Gasteiger partial charge in [0.25, 0.3) is 0 Å². The van der Waals surface area contributed by atoms with Crippen molar-refractivity contribution in [3.63, 3.8) is 0 Å². The van der Waals surface area contributed by atoms with E-state index in [2.05, 4.69) is 25.1 Å². The third kappa shape index (κ3) is 2.93. The van der Waals surface area contributed by atoms with E-state index < -0.39 is 0 Å². The smallest absolute Gasteiger partial charge is 0.118 e. The van der Waals surface area contributed by atoms with Crippen molar-refractivity contribution in [2.75, 3.05) is 0 Å². The third-order valence-electron chi connectivity index (χ3n) is 4.26. The van der Waals surface area contributed by atoms with Crippen molar-refractivity contribution in [1.29, 1.82) is 0 Å². The molecule has 2 nitrogen and oxygen atoms in total. The summed E-state index contributed by atoms with van der Waals surface area (Å²) >= 11 is 0. The molecule has 0 saturated heterocycles. The Labute approximate surface area is 136 Å². The summed E-state index contributed by atoms with van der Waals surface area (Å²) in [4.78, 5) is 0. The van der Waals surface area contributed by atoms with Gasteiger partial charge in [0.1, 0.15) is 11.5 Å². The molecule has 0 spiro atoms. The Bertz CT molecular complexity index is 879. The molecule has 0 saturated carbocycles. The molecule has 0 unspecified atom stereocenters. The fourth-order valence-electron chi connectivity index (χ4n) is 2.95. The van der Waals surface area contributed by atoms with E-state index in [1.54, 1.807) is 18.2 Å². The molecular weight excluding hydrogens is 284 g/mol. The predicted octanol–water partition coefficient (Wildman–Crippen LogP) is 5.36. The molecule has 0 aliphatic carbocycles. The molecule has 116 valence electrons. The van der Waals surface area contributed by atoms with Gasteiger partial charge in [-0.15, -0.1) is 0 Å². The monoisotopic (exact) mass is 304 g/mol. The molecule has 0 fully saturated rings. The second-order valence-corrected chi connectivity index (χ2v) is 6.03. The van der Waals surface area contributed by atoms with Gasteiger partial charge in [0.15, 0.2) is 0 Å². The maximum absolute atomic E-state index is 9.69. The minimum atomic E-state index is 0.291. The minimum absolute atomic E-state index is 0.291. The first-order valence-corrected chi connectivity index (χ1v) is 7.66. The first-order chi connectivity index (χ1) is 11.0. The van der Waals surface area contributed by atoms with E-state index in [0.29, 0.717) is 11.5 Å². The molecular formula is C21H20O2. The van der Waals surface area contributed by atoms with Crippen molar-refractivity contribution < 1.29 is 10.2 Å². The van der Waals surface area contributed by atoms with Crippen molar-refractivity contribution in [3.05, 3.63) is 71.3 Å². The van der Waals surface area contributed by atoms with Crippen LogP contribution < -0.4 is 0 Å². The standard InChI is InChI=1S/C21H20O2/c1-13-10-16(20-8-6-18(22)12-14(20)2)4-7-19(13)17-5-9-21(23)15(3)11-17/h4-12,22-23H,1-3H3. The maximum atomic E-state index is 9.69. The van der Waals surface area contributed by atoms with Gasteiger partial charge in [-0.1, -0.05) is 30.3 Å². The number of aromatic hydroxyl groups is 2. The summed E-state index contributed by atoms with van der Waals surface area (Å²) in [5, 5.41) is 19.2. The number of hydrogen-bond donors (Lipinski definition) is 2. The lowest BCUT2D eigenvalue weighted by Crippen LogP contribution is -1.88. The van der Waals surface area contributed by atoms with Gasteiger partial charge in [-0.3, -0.25) is 0 Å². The zero-order valence-corrected chi connectivity index (χ0v) is 13.6. The molecule has 3 aromatic rings. The first kappa shape index (κ1) is 15.2. The highest BCUT2D eigenvalue weighted by molar-refractivity contribution is 5.75. The summed E-state index contributed by atoms with van der Waals surface area (Å²) in [5.41, 5.74) is 7.64. The van der Waals surface area contributed by atoms with Crippen LogP contribution in [0.4, 0.5) is 0 Å². The van der Waals surface area contributed by atoms with E-state index in [-0.39, 0.29) is 0 Å². The molecule has 0 heterocycles. The predicted molar refractivity (Wildman–Crippen MR) is 94.9 cm³/mol. The van der Waals surface area contributed by atoms with Crippen LogP contribution >= 0.6 is 0 Å². The van der Waals surface area contributed by atoms with E-state index in [4.69, 9.17) is 0 Å². The second-order valence-electron chi connectivity index (χ2n) is 6.03. The topological polar surface area (TPSA) is 40.5 Å². The Morgan fingerprint density at radius 3 is 1.65 bits per heavy atom. The maximum Gasteiger partial charge on any atom is 0.118 e. The number of hydrogen-bond acceptors (Lipinski definition) is 2. The van der Waals surface area contributed by atoms with Crippen LogP contribution in [-0.4, -0.2) is 10.2 Å². The average Bonchev–Trinajstić information content (AvgIpc) is 2.50. The molecule has 0 atom stereocenters.